The van der Waals surface area contributed by atoms with E-state index < -0.39 is 29.8 Å². The number of imide groups is 1. The monoisotopic (exact) mass is 347 g/mol. The van der Waals surface area contributed by atoms with Crippen LogP contribution >= 0.6 is 0 Å². The Hall–Kier alpha value is -2.90. The molecule has 1 aromatic heterocycles. The van der Waals surface area contributed by atoms with Gasteiger partial charge in [-0.25, -0.2) is 14.0 Å². The molecule has 8 heteroatoms. The molecule has 3 amide bonds. The molecule has 1 N–H and O–H groups in total. The number of carbonyl (C=O) groups excluding carboxylic acids is 3. The van der Waals surface area contributed by atoms with Gasteiger partial charge in [-0.2, -0.15) is 0 Å². The van der Waals surface area contributed by atoms with Gasteiger partial charge in [0.15, 0.2) is 6.17 Å². The van der Waals surface area contributed by atoms with Crippen LogP contribution in [-0.4, -0.2) is 40.9 Å². The van der Waals surface area contributed by atoms with Crippen LogP contribution in [0.1, 0.15) is 20.8 Å². The second-order valence-corrected chi connectivity index (χ2v) is 6.78. The van der Waals surface area contributed by atoms with Gasteiger partial charge in [-0.1, -0.05) is 6.07 Å². The number of hydrogen-bond donors (Lipinski definition) is 1. The third-order valence-corrected chi connectivity index (χ3v) is 3.68. The molecule has 1 saturated heterocycles. The summed E-state index contributed by atoms with van der Waals surface area (Å²) in [6, 6.07) is 5.96. The summed E-state index contributed by atoms with van der Waals surface area (Å²) in [5.74, 6) is -0.945. The van der Waals surface area contributed by atoms with E-state index in [4.69, 9.17) is 4.74 Å². The third-order valence-electron chi connectivity index (χ3n) is 3.68. The fourth-order valence-electron chi connectivity index (χ4n) is 2.55. The Morgan fingerprint density at radius 2 is 2.00 bits per heavy atom. The summed E-state index contributed by atoms with van der Waals surface area (Å²) in [4.78, 5) is 36.6. The molecule has 0 aliphatic carbocycles. The maximum absolute atomic E-state index is 13.6. The molecule has 1 aliphatic rings. The number of halogens is 1. The molecule has 2 aromatic rings. The number of carbonyl (C=O) groups is 3. The van der Waals surface area contributed by atoms with E-state index in [-0.39, 0.29) is 6.54 Å². The van der Waals surface area contributed by atoms with Crippen LogP contribution in [0.3, 0.4) is 0 Å². The van der Waals surface area contributed by atoms with E-state index in [9.17, 15) is 18.8 Å². The smallest absolute Gasteiger partial charge is 0.418 e. The largest absolute Gasteiger partial charge is 0.443 e. The lowest BCUT2D eigenvalue weighted by atomic mass is 10.2. The Kier molecular flexibility index (Phi) is 3.98. The van der Waals surface area contributed by atoms with Gasteiger partial charge in [-0.15, -0.1) is 0 Å². The van der Waals surface area contributed by atoms with Gasteiger partial charge < -0.3 is 4.74 Å². The van der Waals surface area contributed by atoms with Crippen molar-refractivity contribution in [1.29, 1.82) is 0 Å². The molecule has 1 fully saturated rings. The number of anilines is 1. The molecule has 1 atom stereocenters. The molecule has 0 radical (unpaired) electrons. The standard InChI is InChI=1S/C17H18FN3O4/c1-17(2,3)25-16(24)20-7-6-10-4-5-11(8-13(10)20)21-9-12(18)14(22)19-15(21)23/h4-8,12H,9H2,1-3H3,(H,19,22,23). The summed E-state index contributed by atoms with van der Waals surface area (Å²) in [6.45, 7) is 4.92. The van der Waals surface area contributed by atoms with Crippen LogP contribution in [0.25, 0.3) is 10.9 Å². The van der Waals surface area contributed by atoms with E-state index in [2.05, 4.69) is 0 Å². The van der Waals surface area contributed by atoms with E-state index in [0.29, 0.717) is 11.2 Å². The molecule has 1 unspecified atom stereocenters. The number of rotatable bonds is 1. The van der Waals surface area contributed by atoms with Crippen LogP contribution in [0, 0.1) is 0 Å². The van der Waals surface area contributed by atoms with E-state index >= 15 is 0 Å². The number of alkyl halides is 1. The fourth-order valence-corrected chi connectivity index (χ4v) is 2.55. The quantitative estimate of drug-likeness (QED) is 0.860. The van der Waals surface area contributed by atoms with Crippen LogP contribution in [-0.2, 0) is 9.53 Å². The highest BCUT2D eigenvalue weighted by atomic mass is 19.1. The Bertz CT molecular complexity index is 868. The Morgan fingerprint density at radius 1 is 1.28 bits per heavy atom. The van der Waals surface area contributed by atoms with Gasteiger partial charge in [-0.05, 0) is 39.0 Å². The first kappa shape index (κ1) is 16.9. The van der Waals surface area contributed by atoms with Crippen molar-refractivity contribution in [3.05, 3.63) is 30.5 Å². The molecule has 2 heterocycles. The number of fused-ring (bicyclic) bond motifs is 1. The molecular formula is C17H18FN3O4. The normalized spacial score (nSPS) is 18.4. The van der Waals surface area contributed by atoms with E-state index in [1.165, 1.54) is 4.57 Å². The van der Waals surface area contributed by atoms with Gasteiger partial charge in [0.25, 0.3) is 5.91 Å². The van der Waals surface area contributed by atoms with Crippen molar-refractivity contribution >= 4 is 34.6 Å². The Morgan fingerprint density at radius 3 is 2.68 bits per heavy atom. The summed E-state index contributed by atoms with van der Waals surface area (Å²) >= 11 is 0. The van der Waals surface area contributed by atoms with Crippen molar-refractivity contribution in [2.24, 2.45) is 0 Å². The van der Waals surface area contributed by atoms with Crippen molar-refractivity contribution in [3.8, 4) is 0 Å². The van der Waals surface area contributed by atoms with Crippen LogP contribution in [0.4, 0.5) is 19.7 Å². The predicted molar refractivity (Wildman–Crippen MR) is 89.4 cm³/mol. The van der Waals surface area contributed by atoms with Crippen LogP contribution < -0.4 is 10.2 Å². The lowest BCUT2D eigenvalue weighted by molar-refractivity contribution is -0.125. The van der Waals surface area contributed by atoms with Crippen molar-refractivity contribution in [1.82, 2.24) is 9.88 Å². The summed E-state index contributed by atoms with van der Waals surface area (Å²) in [6.07, 6.45) is -0.785. The van der Waals surface area contributed by atoms with Crippen LogP contribution in [0.5, 0.6) is 0 Å². The number of ether oxygens (including phenoxy) is 1. The third kappa shape index (κ3) is 3.33. The van der Waals surface area contributed by atoms with Gasteiger partial charge in [0.05, 0.1) is 12.1 Å². The molecule has 132 valence electrons. The minimum atomic E-state index is -1.80. The molecule has 0 saturated carbocycles. The molecule has 3 rings (SSSR count). The van der Waals surface area contributed by atoms with E-state index in [1.807, 2.05) is 5.32 Å². The van der Waals surface area contributed by atoms with Crippen molar-refractivity contribution < 1.29 is 23.5 Å². The summed E-state index contributed by atoms with van der Waals surface area (Å²) < 4.78 is 20.3. The SMILES string of the molecule is CC(C)(C)OC(=O)n1ccc2ccc(N3CC(F)C(=O)NC3=O)cc21. The molecule has 0 spiro atoms. The summed E-state index contributed by atoms with van der Waals surface area (Å²) in [5.41, 5.74) is 0.246. The van der Waals surface area contributed by atoms with E-state index in [0.717, 1.165) is 10.3 Å². The number of hydrogen-bond acceptors (Lipinski definition) is 4. The van der Waals surface area contributed by atoms with Gasteiger partial charge in [0.2, 0.25) is 0 Å². The zero-order valence-corrected chi connectivity index (χ0v) is 14.1. The number of amides is 3. The van der Waals surface area contributed by atoms with Gasteiger partial charge >= 0.3 is 12.1 Å². The number of nitrogens with one attached hydrogen (secondary N) is 1. The minimum absolute atomic E-state index is 0.372. The molecule has 0 bridgehead atoms. The summed E-state index contributed by atoms with van der Waals surface area (Å²) in [5, 5.41) is 2.73. The van der Waals surface area contributed by atoms with E-state index in [1.54, 1.807) is 51.2 Å². The zero-order chi connectivity index (χ0) is 18.4. The zero-order valence-electron chi connectivity index (χ0n) is 14.1. The van der Waals surface area contributed by atoms with Gasteiger partial charge in [-0.3, -0.25) is 19.6 Å². The summed E-state index contributed by atoms with van der Waals surface area (Å²) in [7, 11) is 0. The second-order valence-electron chi connectivity index (χ2n) is 6.78. The van der Waals surface area contributed by atoms with Gasteiger partial charge in [0.1, 0.15) is 5.60 Å². The van der Waals surface area contributed by atoms with Crippen LogP contribution in [0.15, 0.2) is 30.5 Å². The molecule has 25 heavy (non-hydrogen) atoms. The maximum Gasteiger partial charge on any atom is 0.418 e. The molecular weight excluding hydrogens is 329 g/mol. The van der Waals surface area contributed by atoms with Crippen molar-refractivity contribution in [3.63, 3.8) is 0 Å². The Balaban J connectivity index is 1.97. The highest BCUT2D eigenvalue weighted by molar-refractivity contribution is 6.08. The topological polar surface area (TPSA) is 80.6 Å². The van der Waals surface area contributed by atoms with Crippen LogP contribution in [0.2, 0.25) is 0 Å². The lowest BCUT2D eigenvalue weighted by Crippen LogP contribution is -2.55. The van der Waals surface area contributed by atoms with Gasteiger partial charge in [0, 0.05) is 17.3 Å². The number of benzene rings is 1. The maximum atomic E-state index is 13.6. The first-order valence-electron chi connectivity index (χ1n) is 7.76. The minimum Gasteiger partial charge on any atom is -0.443 e. The number of aromatic nitrogens is 1. The fraction of sp³-hybridized carbons (Fsp3) is 0.353. The average Bonchev–Trinajstić information content (AvgIpc) is 2.92. The first-order valence-corrected chi connectivity index (χ1v) is 7.76. The highest BCUT2D eigenvalue weighted by Gasteiger charge is 2.33. The number of urea groups is 1. The molecule has 1 aromatic carbocycles. The molecule has 7 nitrogen and oxygen atoms in total. The Labute approximate surface area is 143 Å². The predicted octanol–water partition coefficient (Wildman–Crippen LogP) is 2.82. The number of nitrogens with zero attached hydrogens (tertiary/aromatic N) is 2. The van der Waals surface area contributed by atoms with Crippen molar-refractivity contribution in [2.45, 2.75) is 32.5 Å². The molecule has 1 aliphatic heterocycles. The second kappa shape index (κ2) is 5.87. The lowest BCUT2D eigenvalue weighted by Gasteiger charge is -2.28. The average molecular weight is 347 g/mol. The highest BCUT2D eigenvalue weighted by Crippen LogP contribution is 2.25. The van der Waals surface area contributed by atoms with Crippen molar-refractivity contribution in [2.75, 3.05) is 11.4 Å². The first-order chi connectivity index (χ1) is 11.7.